The Hall–Kier alpha value is -5.03. The van der Waals surface area contributed by atoms with Gasteiger partial charge in [-0.3, -0.25) is 4.98 Å². The summed E-state index contributed by atoms with van der Waals surface area (Å²) in [5.41, 5.74) is 11.1. The average molecular weight is 840 g/mol. The number of nitrogens with zero attached hydrogens (tertiary/aromatic N) is 3. The summed E-state index contributed by atoms with van der Waals surface area (Å²) in [4.78, 5) is 9.20. The molecule has 8 aromatic rings. The third-order valence-corrected chi connectivity index (χ3v) is 8.57. The molecule has 5 nitrogen and oxygen atoms in total. The molecule has 0 aliphatic heterocycles. The summed E-state index contributed by atoms with van der Waals surface area (Å²) >= 11 is 0. The minimum Gasteiger partial charge on any atom is -0.557 e. The molecule has 50 heavy (non-hydrogen) atoms. The van der Waals surface area contributed by atoms with Crippen molar-refractivity contribution in [2.45, 2.75) is 53.2 Å². The predicted molar refractivity (Wildman–Crippen MR) is 199 cm³/mol. The van der Waals surface area contributed by atoms with E-state index in [1.807, 2.05) is 24.3 Å². The van der Waals surface area contributed by atoms with E-state index in [2.05, 4.69) is 92.0 Å². The van der Waals surface area contributed by atoms with Crippen LogP contribution in [-0.4, -0.2) is 14.5 Å². The van der Waals surface area contributed by atoms with E-state index in [0.29, 0.717) is 23.1 Å². The zero-order chi connectivity index (χ0) is 39.1. The Morgan fingerprint density at radius 3 is 2.24 bits per heavy atom. The van der Waals surface area contributed by atoms with Crippen molar-refractivity contribution in [1.29, 1.82) is 0 Å². The second-order valence-corrected chi connectivity index (χ2v) is 12.6. The third kappa shape index (κ3) is 6.87. The van der Waals surface area contributed by atoms with E-state index in [0.717, 1.165) is 44.5 Å². The van der Waals surface area contributed by atoms with E-state index < -0.39 is 13.7 Å². The summed E-state index contributed by atoms with van der Waals surface area (Å²) in [5, 5.41) is 0.980. The molecule has 0 spiro atoms. The van der Waals surface area contributed by atoms with Crippen LogP contribution in [-0.2, 0) is 20.1 Å². The summed E-state index contributed by atoms with van der Waals surface area (Å²) in [6.07, 6.45) is 7.94. The Morgan fingerprint density at radius 1 is 0.800 bits per heavy atom. The molecule has 0 amide bonds. The van der Waals surface area contributed by atoms with Crippen molar-refractivity contribution in [3.05, 3.63) is 150 Å². The smallest absolute Gasteiger partial charge is 0.0980 e. The number of hydrogen-bond acceptors (Lipinski definition) is 4. The fourth-order valence-electron chi connectivity index (χ4n) is 6.08. The number of pyridine rings is 1. The van der Waals surface area contributed by atoms with Gasteiger partial charge in [0.15, 0.2) is 0 Å². The number of benzene rings is 4. The Kier molecular flexibility index (Phi) is 8.24. The van der Waals surface area contributed by atoms with Gasteiger partial charge in [-0.15, -0.1) is 35.4 Å². The molecule has 8 rings (SSSR count). The van der Waals surface area contributed by atoms with E-state index in [9.17, 15) is 0 Å². The van der Waals surface area contributed by atoms with E-state index in [1.165, 1.54) is 41.2 Å². The van der Waals surface area contributed by atoms with Crippen molar-refractivity contribution < 1.29 is 37.2 Å². The molecule has 4 heterocycles. The van der Waals surface area contributed by atoms with Crippen LogP contribution in [0.4, 0.5) is 0 Å². The maximum Gasteiger partial charge on any atom is 0.0980 e. The first-order valence-corrected chi connectivity index (χ1v) is 16.3. The maximum absolute atomic E-state index is 7.28. The average Bonchev–Trinajstić information content (AvgIpc) is 3.93. The Bertz CT molecular complexity index is 2490. The Morgan fingerprint density at radius 2 is 1.58 bits per heavy atom. The van der Waals surface area contributed by atoms with Crippen LogP contribution in [0.15, 0.2) is 125 Å². The normalized spacial score (nSPS) is 13.5. The van der Waals surface area contributed by atoms with Crippen LogP contribution in [0.5, 0.6) is 0 Å². The fraction of sp³-hybridized carbons (Fsp3) is 0.182. The van der Waals surface area contributed by atoms with Crippen LogP contribution >= 0.6 is 0 Å². The summed E-state index contributed by atoms with van der Waals surface area (Å²) in [5.74, 6) is 1.55. The zero-order valence-electron chi connectivity index (χ0n) is 34.1. The van der Waals surface area contributed by atoms with Crippen molar-refractivity contribution in [3.8, 4) is 39.5 Å². The topological polar surface area (TPSA) is 57.0 Å². The number of para-hydroxylation sites is 3. The summed E-state index contributed by atoms with van der Waals surface area (Å²) < 4.78 is 57.2. The summed E-state index contributed by atoms with van der Waals surface area (Å²) in [6.45, 7) is 4.65. The van der Waals surface area contributed by atoms with Gasteiger partial charge in [-0.05, 0) is 64.8 Å². The first-order chi connectivity index (χ1) is 26.2. The molecule has 4 aromatic heterocycles. The van der Waals surface area contributed by atoms with E-state index in [4.69, 9.17) is 22.0 Å². The predicted octanol–water partition coefficient (Wildman–Crippen LogP) is 11.9. The van der Waals surface area contributed by atoms with Crippen molar-refractivity contribution in [2.75, 3.05) is 0 Å². The van der Waals surface area contributed by atoms with Crippen LogP contribution in [0.2, 0.25) is 0 Å². The molecule has 1 radical (unpaired) electrons. The number of fused-ring (bicyclic) bond motifs is 2. The number of furan rings is 2. The monoisotopic (exact) mass is 840 g/mol. The number of hydrogen-bond donors (Lipinski definition) is 0. The molecule has 0 saturated carbocycles. The van der Waals surface area contributed by atoms with Gasteiger partial charge in [-0.25, -0.2) is 0 Å². The zero-order valence-corrected chi connectivity index (χ0v) is 30.5. The third-order valence-electron chi connectivity index (χ3n) is 8.57. The van der Waals surface area contributed by atoms with Gasteiger partial charge < -0.3 is 18.4 Å². The van der Waals surface area contributed by atoms with Gasteiger partial charge in [-0.2, -0.15) is 0 Å². The maximum atomic E-state index is 7.28. The summed E-state index contributed by atoms with van der Waals surface area (Å²) in [7, 11) is 0. The first-order valence-electron chi connectivity index (χ1n) is 19.3. The molecular weight excluding hydrogens is 795 g/mol. The second kappa shape index (κ2) is 14.8. The molecule has 0 atom stereocenters. The minimum absolute atomic E-state index is 0. The minimum atomic E-state index is -2.18. The number of rotatable bonds is 6. The fourth-order valence-corrected chi connectivity index (χ4v) is 6.08. The van der Waals surface area contributed by atoms with E-state index in [1.54, 1.807) is 24.7 Å². The summed E-state index contributed by atoms with van der Waals surface area (Å²) in [6, 6.07) is 33.5. The molecule has 0 bridgehead atoms. The van der Waals surface area contributed by atoms with Crippen LogP contribution in [0.25, 0.3) is 61.5 Å². The van der Waals surface area contributed by atoms with Gasteiger partial charge >= 0.3 is 0 Å². The van der Waals surface area contributed by atoms with E-state index >= 15 is 0 Å². The molecular formula is C44H39IrN3O2-2. The van der Waals surface area contributed by atoms with Crippen molar-refractivity contribution >= 4 is 22.0 Å². The van der Waals surface area contributed by atoms with Crippen molar-refractivity contribution in [2.24, 2.45) is 0 Å². The van der Waals surface area contributed by atoms with Crippen LogP contribution in [0, 0.1) is 26.0 Å². The number of aryl methyl sites for hydroxylation is 2. The van der Waals surface area contributed by atoms with Crippen LogP contribution < -0.4 is 0 Å². The second-order valence-electron chi connectivity index (χ2n) is 12.6. The number of aromatic nitrogens is 3. The van der Waals surface area contributed by atoms with Gasteiger partial charge in [0.2, 0.25) is 0 Å². The quantitative estimate of drug-likeness (QED) is 0.157. The van der Waals surface area contributed by atoms with Gasteiger partial charge in [-0.1, -0.05) is 106 Å². The van der Waals surface area contributed by atoms with Gasteiger partial charge in [0.25, 0.3) is 0 Å². The van der Waals surface area contributed by atoms with Crippen LogP contribution in [0.1, 0.15) is 70.0 Å². The van der Waals surface area contributed by atoms with Crippen molar-refractivity contribution in [3.63, 3.8) is 0 Å². The van der Waals surface area contributed by atoms with Crippen LogP contribution in [0.3, 0.4) is 0 Å². The molecule has 253 valence electrons. The molecule has 0 N–H and O–H groups in total. The van der Waals surface area contributed by atoms with Crippen molar-refractivity contribution in [1.82, 2.24) is 14.5 Å². The molecule has 0 aliphatic carbocycles. The van der Waals surface area contributed by atoms with Gasteiger partial charge in [0.05, 0.1) is 29.4 Å². The molecule has 6 heteroatoms. The SMILES string of the molecule is CC(C)c1cccc(C(C)C)c1-n1c(-c2[c-]oc3ccc(-c4ccoc4)cc23)nc2ccccc21.[2H]C([2H])([2H])c1c[c-]c(-c2ccc(C([2H])([2H])[2H])cn2)cc1.[Ir]. The largest absolute Gasteiger partial charge is 0.557 e. The van der Waals surface area contributed by atoms with Gasteiger partial charge in [0.1, 0.15) is 0 Å². The molecule has 0 unspecified atom stereocenters. The number of imidazole rings is 1. The Labute approximate surface area is 315 Å². The van der Waals surface area contributed by atoms with Gasteiger partial charge in [0, 0.05) is 57.6 Å². The standard InChI is InChI=1S/C31H27N2O2.C13H12N.Ir/c1-19(2)23-8-7-9-24(20(3)4)30(23)33-28-11-6-5-10-27(28)32-31(33)26-18-35-29-13-12-21(16-25(26)29)22-14-15-34-17-22;1-10-3-6-12(7-4-10)13-8-5-11(2)9-14-13;/h5-17,19-20H,1-4H3;3-6,8-9H,1-2H3;/q2*-1;/i;1D3,2D3;. The molecule has 0 aliphatic rings. The molecule has 0 saturated heterocycles. The Balaban J connectivity index is 0.000000217. The van der Waals surface area contributed by atoms with E-state index in [-0.39, 0.29) is 31.2 Å². The first kappa shape index (κ1) is 27.8. The molecule has 4 aromatic carbocycles. The molecule has 0 fully saturated rings.